The van der Waals surface area contributed by atoms with Crippen LogP contribution in [0, 0.1) is 0 Å². The Bertz CT molecular complexity index is 1640. The fourth-order valence-corrected chi connectivity index (χ4v) is 4.53. The second kappa shape index (κ2) is 11.8. The molecule has 0 unspecified atom stereocenters. The van der Waals surface area contributed by atoms with Crippen LogP contribution in [-0.2, 0) is 16.2 Å². The minimum absolute atomic E-state index is 0.115. The number of hydrogen-bond donors (Lipinski definition) is 2. The van der Waals surface area contributed by atoms with E-state index < -0.39 is 11.8 Å². The minimum Gasteiger partial charge on any atom is -0.489 e. The molecule has 4 aromatic carbocycles. The highest BCUT2D eigenvalue weighted by atomic mass is 35.5. The molecule has 1 heterocycles. The van der Waals surface area contributed by atoms with E-state index in [2.05, 4.69) is 10.6 Å². The zero-order valence-electron chi connectivity index (χ0n) is 20.7. The Morgan fingerprint density at radius 1 is 0.775 bits per heavy atom. The average Bonchev–Trinajstić information content (AvgIpc) is 3.17. The van der Waals surface area contributed by atoms with Gasteiger partial charge in [-0.1, -0.05) is 71.2 Å². The molecule has 0 aliphatic carbocycles. The number of amides is 3. The van der Waals surface area contributed by atoms with Crippen LogP contribution in [0.1, 0.15) is 15.9 Å². The van der Waals surface area contributed by atoms with Crippen LogP contribution in [0.2, 0.25) is 10.0 Å². The molecule has 4 aromatic rings. The van der Waals surface area contributed by atoms with Gasteiger partial charge in [0.25, 0.3) is 17.7 Å². The first-order valence-electron chi connectivity index (χ1n) is 12.0. The van der Waals surface area contributed by atoms with Gasteiger partial charge in [0, 0.05) is 22.0 Å². The van der Waals surface area contributed by atoms with Gasteiger partial charge in [-0.25, -0.2) is 4.90 Å². The summed E-state index contributed by atoms with van der Waals surface area (Å²) < 4.78 is 5.78. The van der Waals surface area contributed by atoms with E-state index in [1.807, 2.05) is 30.3 Å². The number of nitrogens with zero attached hydrogens (tertiary/aromatic N) is 1. The van der Waals surface area contributed by atoms with Gasteiger partial charge in [0.1, 0.15) is 23.1 Å². The van der Waals surface area contributed by atoms with Gasteiger partial charge in [0.2, 0.25) is 0 Å². The number of imide groups is 1. The van der Waals surface area contributed by atoms with E-state index >= 15 is 0 Å². The highest BCUT2D eigenvalue weighted by Gasteiger charge is 2.40. The first-order chi connectivity index (χ1) is 19.3. The van der Waals surface area contributed by atoms with Gasteiger partial charge in [-0.3, -0.25) is 14.4 Å². The fourth-order valence-electron chi connectivity index (χ4n) is 3.95. The van der Waals surface area contributed by atoms with Crippen molar-refractivity contribution < 1.29 is 19.1 Å². The summed E-state index contributed by atoms with van der Waals surface area (Å²) in [5.41, 5.74) is 2.29. The number of carbonyl (C=O) groups is 3. The van der Waals surface area contributed by atoms with E-state index in [1.165, 1.54) is 24.3 Å². The Morgan fingerprint density at radius 2 is 1.52 bits per heavy atom. The maximum atomic E-state index is 13.1. The summed E-state index contributed by atoms with van der Waals surface area (Å²) in [5, 5.41) is 5.83. The number of rotatable bonds is 8. The monoisotopic (exact) mass is 591 g/mol. The molecule has 0 bridgehead atoms. The Kier molecular flexibility index (Phi) is 8.07. The largest absolute Gasteiger partial charge is 0.489 e. The number of benzene rings is 4. The highest BCUT2D eigenvalue weighted by molar-refractivity contribution is 6.54. The van der Waals surface area contributed by atoms with Crippen LogP contribution in [0.3, 0.4) is 0 Å². The predicted octanol–water partition coefficient (Wildman–Crippen LogP) is 7.26. The van der Waals surface area contributed by atoms with Gasteiger partial charge in [-0.15, -0.1) is 0 Å². The first kappa shape index (κ1) is 27.3. The van der Waals surface area contributed by atoms with Gasteiger partial charge < -0.3 is 15.4 Å². The molecule has 5 rings (SSSR count). The minimum atomic E-state index is -0.747. The third-order valence-electron chi connectivity index (χ3n) is 5.93. The number of nitrogens with one attached hydrogen (secondary N) is 2. The van der Waals surface area contributed by atoms with Crippen molar-refractivity contribution in [2.75, 3.05) is 15.5 Å². The summed E-state index contributed by atoms with van der Waals surface area (Å²) >= 11 is 18.5. The first-order valence-corrected chi connectivity index (χ1v) is 13.1. The molecule has 0 fully saturated rings. The lowest BCUT2D eigenvalue weighted by Crippen LogP contribution is -2.32. The normalized spacial score (nSPS) is 13.0. The summed E-state index contributed by atoms with van der Waals surface area (Å²) in [7, 11) is 0. The van der Waals surface area contributed by atoms with Crippen molar-refractivity contribution in [3.8, 4) is 5.75 Å². The number of anilines is 3. The number of halogens is 3. The molecular weight excluding hydrogens is 573 g/mol. The van der Waals surface area contributed by atoms with E-state index in [4.69, 9.17) is 39.5 Å². The smallest absolute Gasteiger partial charge is 0.283 e. The van der Waals surface area contributed by atoms with Gasteiger partial charge in [-0.2, -0.15) is 0 Å². The fraction of sp³-hybridized carbons (Fsp3) is 0.0333. The second-order valence-corrected chi connectivity index (χ2v) is 9.91. The Hall–Kier alpha value is -4.30. The lowest BCUT2D eigenvalue weighted by molar-refractivity contribution is -0.120. The van der Waals surface area contributed by atoms with Gasteiger partial charge in [-0.05, 0) is 66.2 Å². The van der Waals surface area contributed by atoms with Crippen LogP contribution in [0.25, 0.3) is 0 Å². The summed E-state index contributed by atoms with van der Waals surface area (Å²) in [6.07, 6.45) is 0. The molecule has 0 atom stereocenters. The van der Waals surface area contributed by atoms with E-state index in [0.29, 0.717) is 34.3 Å². The van der Waals surface area contributed by atoms with Crippen molar-refractivity contribution in [3.63, 3.8) is 0 Å². The van der Waals surface area contributed by atoms with Crippen LogP contribution >= 0.6 is 34.8 Å². The zero-order valence-corrected chi connectivity index (χ0v) is 22.9. The molecular formula is C30H20Cl3N3O4. The van der Waals surface area contributed by atoms with Gasteiger partial charge in [0.05, 0.1) is 10.7 Å². The van der Waals surface area contributed by atoms with Crippen molar-refractivity contribution in [2.24, 2.45) is 0 Å². The van der Waals surface area contributed by atoms with E-state index in [-0.39, 0.29) is 27.3 Å². The standard InChI is InChI=1S/C30H20Cl3N3O4/c31-20-9-14-24(32)25(16-20)36-29(38)26(33)27(30(36)39)34-22-8-4-7-19(15-22)28(37)35-21-10-12-23(13-11-21)40-17-18-5-2-1-3-6-18/h1-16,34H,17H2,(H,35,37). The SMILES string of the molecule is O=C(Nc1ccc(OCc2ccccc2)cc1)c1cccc(NC2=C(Cl)C(=O)N(c3cc(Cl)ccc3Cl)C2=O)c1. The molecule has 0 saturated carbocycles. The van der Waals surface area contributed by atoms with Crippen molar-refractivity contribution in [3.05, 3.63) is 129 Å². The molecule has 0 saturated heterocycles. The maximum Gasteiger partial charge on any atom is 0.283 e. The lowest BCUT2D eigenvalue weighted by Gasteiger charge is -2.17. The van der Waals surface area contributed by atoms with Gasteiger partial charge in [0.15, 0.2) is 0 Å². The summed E-state index contributed by atoms with van der Waals surface area (Å²) in [5.74, 6) is -1.16. The molecule has 200 valence electrons. The Labute approximate surface area is 244 Å². The summed E-state index contributed by atoms with van der Waals surface area (Å²) in [6.45, 7) is 0.435. The molecule has 0 aromatic heterocycles. The van der Waals surface area contributed by atoms with Crippen LogP contribution < -0.4 is 20.3 Å². The number of carbonyl (C=O) groups excluding carboxylic acids is 3. The topological polar surface area (TPSA) is 87.7 Å². The van der Waals surface area contributed by atoms with Crippen molar-refractivity contribution in [2.45, 2.75) is 6.61 Å². The van der Waals surface area contributed by atoms with Crippen LogP contribution in [0.15, 0.2) is 108 Å². The summed E-state index contributed by atoms with van der Waals surface area (Å²) in [4.78, 5) is 39.7. The molecule has 40 heavy (non-hydrogen) atoms. The average molecular weight is 593 g/mol. The molecule has 0 radical (unpaired) electrons. The highest BCUT2D eigenvalue weighted by Crippen LogP contribution is 2.36. The Morgan fingerprint density at radius 3 is 2.27 bits per heavy atom. The molecule has 10 heteroatoms. The zero-order chi connectivity index (χ0) is 28.2. The van der Waals surface area contributed by atoms with E-state index in [0.717, 1.165) is 10.5 Å². The van der Waals surface area contributed by atoms with Gasteiger partial charge >= 0.3 is 0 Å². The predicted molar refractivity (Wildman–Crippen MR) is 157 cm³/mol. The van der Waals surface area contributed by atoms with E-state index in [9.17, 15) is 14.4 Å². The van der Waals surface area contributed by atoms with Crippen molar-refractivity contribution in [1.29, 1.82) is 0 Å². The molecule has 7 nitrogen and oxygen atoms in total. The number of hydrogen-bond acceptors (Lipinski definition) is 5. The number of ether oxygens (including phenoxy) is 1. The summed E-state index contributed by atoms with van der Waals surface area (Å²) in [6, 6.07) is 27.7. The Balaban J connectivity index is 1.25. The van der Waals surface area contributed by atoms with Crippen LogP contribution in [0.4, 0.5) is 17.1 Å². The second-order valence-electron chi connectivity index (χ2n) is 8.69. The van der Waals surface area contributed by atoms with Crippen LogP contribution in [0.5, 0.6) is 5.75 Å². The van der Waals surface area contributed by atoms with Crippen LogP contribution in [-0.4, -0.2) is 17.7 Å². The third-order valence-corrected chi connectivity index (χ3v) is 6.84. The quantitative estimate of drug-likeness (QED) is 0.210. The maximum absolute atomic E-state index is 13.1. The molecule has 1 aliphatic rings. The van der Waals surface area contributed by atoms with Crippen molar-refractivity contribution in [1.82, 2.24) is 0 Å². The van der Waals surface area contributed by atoms with E-state index in [1.54, 1.807) is 42.5 Å². The third kappa shape index (κ3) is 5.97. The molecule has 2 N–H and O–H groups in total. The van der Waals surface area contributed by atoms with Crippen molar-refractivity contribution >= 4 is 69.6 Å². The lowest BCUT2D eigenvalue weighted by atomic mass is 10.1. The molecule has 1 aliphatic heterocycles. The molecule has 3 amide bonds. The molecule has 0 spiro atoms.